The van der Waals surface area contributed by atoms with Gasteiger partial charge in [0.1, 0.15) is 6.61 Å². The molecule has 0 aliphatic carbocycles. The largest absolute Gasteiger partial charge is 0.460 e. The number of hydrogen-bond donors (Lipinski definition) is 1. The molecule has 1 N–H and O–H groups in total. The molecule has 0 radical (unpaired) electrons. The maximum absolute atomic E-state index is 10.6. The van der Waals surface area contributed by atoms with Crippen molar-refractivity contribution in [2.45, 2.75) is 34.1 Å². The number of esters is 1. The predicted octanol–water partition coefficient (Wildman–Crippen LogP) is 2.32. The Balaban J connectivity index is 0. The third-order valence-corrected chi connectivity index (χ3v) is 1.72. The van der Waals surface area contributed by atoms with Crippen molar-refractivity contribution in [2.75, 3.05) is 13.2 Å². The van der Waals surface area contributed by atoms with Crippen LogP contribution in [0.1, 0.15) is 34.1 Å². The van der Waals surface area contributed by atoms with E-state index >= 15 is 0 Å². The van der Waals surface area contributed by atoms with Crippen LogP contribution in [0.25, 0.3) is 0 Å². The number of nitrogens with zero attached hydrogens (tertiary/aromatic N) is 2. The molecule has 0 rings (SSSR count). The van der Waals surface area contributed by atoms with Crippen molar-refractivity contribution in [3.63, 3.8) is 0 Å². The second-order valence-electron chi connectivity index (χ2n) is 4.32. The minimum Gasteiger partial charge on any atom is -0.460 e. The van der Waals surface area contributed by atoms with Gasteiger partial charge in [-0.05, 0) is 26.2 Å². The van der Waals surface area contributed by atoms with Gasteiger partial charge in [0.15, 0.2) is 0 Å². The van der Waals surface area contributed by atoms with Gasteiger partial charge in [-0.1, -0.05) is 25.6 Å². The molecule has 0 fully saturated rings. The number of oxime groups is 1. The van der Waals surface area contributed by atoms with Crippen molar-refractivity contribution in [1.29, 1.82) is 0 Å². The normalized spacial score (nSPS) is 10.1. The summed E-state index contributed by atoms with van der Waals surface area (Å²) in [6.07, 6.45) is 2.22. The number of aliphatic imine (C=N–C) groups is 1. The fraction of sp³-hybridized carbons (Fsp3) is 0.615. The van der Waals surface area contributed by atoms with Gasteiger partial charge in [-0.3, -0.25) is 0 Å². The van der Waals surface area contributed by atoms with E-state index < -0.39 is 5.97 Å². The molecule has 0 spiro atoms. The van der Waals surface area contributed by atoms with Gasteiger partial charge >= 0.3 is 5.97 Å². The molecule has 0 amide bonds. The molecular weight excluding hydrogens is 248 g/mol. The number of ether oxygens (including phenoxy) is 1. The second kappa shape index (κ2) is 12.5. The van der Waals surface area contributed by atoms with E-state index in [0.29, 0.717) is 11.5 Å². The summed E-state index contributed by atoms with van der Waals surface area (Å²) >= 11 is 0. The molecule has 0 aromatic carbocycles. The lowest BCUT2D eigenvalue weighted by Crippen LogP contribution is -2.07. The summed E-state index contributed by atoms with van der Waals surface area (Å²) in [5.41, 5.74) is 1.14. The number of carbonyl (C=O) groups excluding carboxylic acids is 2. The average Bonchev–Trinajstić information content (AvgIpc) is 2.34. The Morgan fingerprint density at radius 2 is 2.00 bits per heavy atom. The quantitative estimate of drug-likeness (QED) is 0.153. The van der Waals surface area contributed by atoms with E-state index in [0.717, 1.165) is 12.1 Å². The van der Waals surface area contributed by atoms with Crippen LogP contribution in [0.3, 0.4) is 0 Å². The van der Waals surface area contributed by atoms with Crippen molar-refractivity contribution >= 4 is 17.8 Å². The molecule has 0 aliphatic rings. The van der Waals surface area contributed by atoms with E-state index in [9.17, 15) is 9.59 Å². The molecule has 108 valence electrons. The zero-order valence-corrected chi connectivity index (χ0v) is 12.0. The van der Waals surface area contributed by atoms with Crippen LogP contribution in [-0.2, 0) is 14.3 Å². The molecule has 0 unspecified atom stereocenters. The summed E-state index contributed by atoms with van der Waals surface area (Å²) in [4.78, 5) is 23.4. The van der Waals surface area contributed by atoms with Crippen molar-refractivity contribution in [1.82, 2.24) is 0 Å². The standard InChI is InChI=1S/C7H9NO3.C6H13NO/c1-6(2)7(10)11-4-3-8-5-9;1-5(2)4-6(3)7-8/h1,3-4H2,2H3;5,8H,4H2,1-3H3. The van der Waals surface area contributed by atoms with Crippen LogP contribution in [0.4, 0.5) is 0 Å². The predicted molar refractivity (Wildman–Crippen MR) is 73.1 cm³/mol. The van der Waals surface area contributed by atoms with Gasteiger partial charge in [0.25, 0.3) is 0 Å². The first-order valence-corrected chi connectivity index (χ1v) is 5.88. The zero-order chi connectivity index (χ0) is 15.3. The van der Waals surface area contributed by atoms with Gasteiger partial charge in [0.05, 0.1) is 12.3 Å². The third-order valence-electron chi connectivity index (χ3n) is 1.72. The zero-order valence-electron chi connectivity index (χ0n) is 12.0. The summed E-state index contributed by atoms with van der Waals surface area (Å²) in [6, 6.07) is 0. The van der Waals surface area contributed by atoms with Crippen molar-refractivity contribution in [3.8, 4) is 0 Å². The van der Waals surface area contributed by atoms with E-state index in [1.165, 1.54) is 6.08 Å². The summed E-state index contributed by atoms with van der Waals surface area (Å²) in [7, 11) is 0. The highest BCUT2D eigenvalue weighted by Gasteiger charge is 2.00. The van der Waals surface area contributed by atoms with Gasteiger partial charge < -0.3 is 9.94 Å². The van der Waals surface area contributed by atoms with Crippen LogP contribution in [-0.4, -0.2) is 36.1 Å². The molecule has 0 atom stereocenters. The fourth-order valence-corrected chi connectivity index (χ4v) is 0.984. The van der Waals surface area contributed by atoms with Crippen LogP contribution in [0.15, 0.2) is 22.3 Å². The maximum atomic E-state index is 10.6. The van der Waals surface area contributed by atoms with Gasteiger partial charge in [0, 0.05) is 5.57 Å². The summed E-state index contributed by atoms with van der Waals surface area (Å²) in [5, 5.41) is 11.2. The molecule has 19 heavy (non-hydrogen) atoms. The Labute approximate surface area is 113 Å². The smallest absolute Gasteiger partial charge is 0.333 e. The Kier molecular flexibility index (Phi) is 12.8. The SMILES string of the molecule is C=C(C)C(=O)OCCN=C=O.CC(CC(C)C)=NO. The van der Waals surface area contributed by atoms with Crippen LogP contribution in [0, 0.1) is 5.92 Å². The average molecular weight is 270 g/mol. The Morgan fingerprint density at radius 1 is 1.42 bits per heavy atom. The maximum Gasteiger partial charge on any atom is 0.333 e. The highest BCUT2D eigenvalue weighted by molar-refractivity contribution is 5.86. The van der Waals surface area contributed by atoms with E-state index in [2.05, 4.69) is 35.3 Å². The number of hydrogen-bond acceptors (Lipinski definition) is 6. The molecule has 6 nitrogen and oxygen atoms in total. The first kappa shape index (κ1) is 19.4. The van der Waals surface area contributed by atoms with E-state index in [4.69, 9.17) is 5.21 Å². The first-order chi connectivity index (χ1) is 8.84. The second-order valence-corrected chi connectivity index (χ2v) is 4.32. The fourth-order valence-electron chi connectivity index (χ4n) is 0.984. The monoisotopic (exact) mass is 270 g/mol. The summed E-state index contributed by atoms with van der Waals surface area (Å²) in [5.74, 6) is 0.122. The third kappa shape index (κ3) is 16.1. The minimum atomic E-state index is -0.467. The van der Waals surface area contributed by atoms with Gasteiger partial charge in [0.2, 0.25) is 6.08 Å². The molecule has 0 aromatic rings. The molecule has 0 saturated heterocycles. The molecule has 0 aromatic heterocycles. The number of isocyanates is 1. The molecule has 6 heteroatoms. The molecular formula is C13H22N2O4. The van der Waals surface area contributed by atoms with Gasteiger partial charge in [-0.15, -0.1) is 0 Å². The van der Waals surface area contributed by atoms with E-state index in [1.807, 2.05) is 6.92 Å². The van der Waals surface area contributed by atoms with Crippen LogP contribution in [0.2, 0.25) is 0 Å². The Bertz CT molecular complexity index is 356. The van der Waals surface area contributed by atoms with E-state index in [-0.39, 0.29) is 13.2 Å². The molecule has 0 saturated carbocycles. The minimum absolute atomic E-state index is 0.0981. The molecule has 0 heterocycles. The van der Waals surface area contributed by atoms with Crippen LogP contribution < -0.4 is 0 Å². The van der Waals surface area contributed by atoms with Crippen LogP contribution in [0.5, 0.6) is 0 Å². The highest BCUT2D eigenvalue weighted by Crippen LogP contribution is 1.99. The Hall–Kier alpha value is -1.94. The highest BCUT2D eigenvalue weighted by atomic mass is 16.5. The van der Waals surface area contributed by atoms with E-state index in [1.54, 1.807) is 6.92 Å². The lowest BCUT2D eigenvalue weighted by Gasteiger charge is -1.99. The van der Waals surface area contributed by atoms with Gasteiger partial charge in [-0.2, -0.15) is 0 Å². The lowest BCUT2D eigenvalue weighted by atomic mass is 10.1. The van der Waals surface area contributed by atoms with Crippen molar-refractivity contribution in [2.24, 2.45) is 16.1 Å². The number of rotatable bonds is 6. The molecule has 0 bridgehead atoms. The lowest BCUT2D eigenvalue weighted by molar-refractivity contribution is -0.138. The van der Waals surface area contributed by atoms with Crippen LogP contribution >= 0.6 is 0 Å². The van der Waals surface area contributed by atoms with Gasteiger partial charge in [-0.25, -0.2) is 14.6 Å². The first-order valence-electron chi connectivity index (χ1n) is 5.88. The van der Waals surface area contributed by atoms with Crippen molar-refractivity contribution in [3.05, 3.63) is 12.2 Å². The topological polar surface area (TPSA) is 88.3 Å². The van der Waals surface area contributed by atoms with Crippen molar-refractivity contribution < 1.29 is 19.5 Å². The Morgan fingerprint density at radius 3 is 2.32 bits per heavy atom. The summed E-state index contributed by atoms with van der Waals surface area (Å²) < 4.78 is 4.59. The summed E-state index contributed by atoms with van der Waals surface area (Å²) in [6.45, 7) is 11.2. The molecule has 0 aliphatic heterocycles. The number of carbonyl (C=O) groups is 1.